The van der Waals surface area contributed by atoms with Gasteiger partial charge < -0.3 is 0 Å². The van der Waals surface area contributed by atoms with Crippen LogP contribution in [0.4, 0.5) is 0 Å². The summed E-state index contributed by atoms with van der Waals surface area (Å²) >= 11 is 0. The maximum atomic E-state index is 11.7. The Kier molecular flexibility index (Phi) is 4.93. The van der Waals surface area contributed by atoms with Gasteiger partial charge in [-0.05, 0) is 38.0 Å². The highest BCUT2D eigenvalue weighted by molar-refractivity contribution is 7.91. The molecule has 3 nitrogen and oxygen atoms in total. The number of hydrogen-bond acceptors (Lipinski definition) is 3. The third-order valence-corrected chi connectivity index (χ3v) is 6.56. The molecule has 0 aromatic heterocycles. The summed E-state index contributed by atoms with van der Waals surface area (Å²) in [6.45, 7) is 5.94. The second-order valence-electron chi connectivity index (χ2n) is 6.30. The molecule has 0 amide bonds. The van der Waals surface area contributed by atoms with Gasteiger partial charge >= 0.3 is 0 Å². The predicted octanol–water partition coefficient (Wildman–Crippen LogP) is 2.10. The third-order valence-electron chi connectivity index (χ3n) is 4.81. The SMILES string of the molecule is C#CCN(CC1C(C)=CCCC1C)C1CCS(=O)(=O)C1. The molecule has 0 bridgehead atoms. The zero-order valence-electron chi connectivity index (χ0n) is 12.5. The highest BCUT2D eigenvalue weighted by Gasteiger charge is 2.34. The molecule has 0 N–H and O–H groups in total. The van der Waals surface area contributed by atoms with Crippen molar-refractivity contribution in [2.24, 2.45) is 11.8 Å². The summed E-state index contributed by atoms with van der Waals surface area (Å²) in [5, 5.41) is 0. The molecule has 20 heavy (non-hydrogen) atoms. The fraction of sp³-hybridized carbons (Fsp3) is 0.750. The number of hydrogen-bond donors (Lipinski definition) is 0. The maximum Gasteiger partial charge on any atom is 0.151 e. The molecule has 4 heteroatoms. The molecule has 0 saturated carbocycles. The van der Waals surface area contributed by atoms with Gasteiger partial charge in [-0.15, -0.1) is 6.42 Å². The number of sulfone groups is 1. The van der Waals surface area contributed by atoms with E-state index in [1.54, 1.807) is 0 Å². The molecule has 3 atom stereocenters. The van der Waals surface area contributed by atoms with Crippen LogP contribution in [0.15, 0.2) is 11.6 Å². The molecule has 0 aromatic rings. The van der Waals surface area contributed by atoms with E-state index in [0.717, 1.165) is 19.4 Å². The molecule has 1 fully saturated rings. The first-order valence-corrected chi connectivity index (χ1v) is 9.29. The van der Waals surface area contributed by atoms with E-state index in [9.17, 15) is 8.42 Å². The number of terminal acetylenes is 1. The van der Waals surface area contributed by atoms with E-state index >= 15 is 0 Å². The lowest BCUT2D eigenvalue weighted by Gasteiger charge is -2.35. The summed E-state index contributed by atoms with van der Waals surface area (Å²) in [5.74, 6) is 4.46. The third kappa shape index (κ3) is 3.65. The van der Waals surface area contributed by atoms with E-state index in [0.29, 0.717) is 24.1 Å². The monoisotopic (exact) mass is 295 g/mol. The first-order valence-electron chi connectivity index (χ1n) is 7.47. The molecule has 1 heterocycles. The van der Waals surface area contributed by atoms with Gasteiger partial charge in [0.25, 0.3) is 0 Å². The summed E-state index contributed by atoms with van der Waals surface area (Å²) in [7, 11) is -2.85. The first kappa shape index (κ1) is 15.6. The average Bonchev–Trinajstić information content (AvgIpc) is 2.73. The molecular weight excluding hydrogens is 270 g/mol. The molecule has 1 aliphatic carbocycles. The van der Waals surface area contributed by atoms with Crippen molar-refractivity contribution in [3.63, 3.8) is 0 Å². The van der Waals surface area contributed by atoms with E-state index in [2.05, 4.69) is 30.7 Å². The van der Waals surface area contributed by atoms with Crippen LogP contribution in [0, 0.1) is 24.2 Å². The van der Waals surface area contributed by atoms with Gasteiger partial charge in [-0.2, -0.15) is 0 Å². The Morgan fingerprint density at radius 2 is 2.20 bits per heavy atom. The fourth-order valence-electron chi connectivity index (χ4n) is 3.48. The first-order chi connectivity index (χ1) is 9.43. The van der Waals surface area contributed by atoms with Crippen molar-refractivity contribution in [2.45, 2.75) is 39.2 Å². The van der Waals surface area contributed by atoms with Crippen LogP contribution in [0.25, 0.3) is 0 Å². The minimum atomic E-state index is -2.85. The summed E-state index contributed by atoms with van der Waals surface area (Å²) in [4.78, 5) is 2.22. The number of rotatable bonds is 4. The van der Waals surface area contributed by atoms with E-state index < -0.39 is 9.84 Å². The van der Waals surface area contributed by atoms with Crippen LogP contribution in [0.3, 0.4) is 0 Å². The molecule has 0 spiro atoms. The van der Waals surface area contributed by atoms with Crippen molar-refractivity contribution >= 4 is 9.84 Å². The predicted molar refractivity (Wildman–Crippen MR) is 83.1 cm³/mol. The molecule has 2 rings (SSSR count). The van der Waals surface area contributed by atoms with E-state index in [4.69, 9.17) is 6.42 Å². The van der Waals surface area contributed by atoms with Crippen LogP contribution < -0.4 is 0 Å². The lowest BCUT2D eigenvalue weighted by atomic mass is 9.79. The smallest absolute Gasteiger partial charge is 0.151 e. The van der Waals surface area contributed by atoms with Crippen LogP contribution in [0.5, 0.6) is 0 Å². The second-order valence-corrected chi connectivity index (χ2v) is 8.53. The van der Waals surface area contributed by atoms with Gasteiger partial charge in [-0.1, -0.05) is 24.5 Å². The molecule has 1 saturated heterocycles. The van der Waals surface area contributed by atoms with Crippen LogP contribution >= 0.6 is 0 Å². The van der Waals surface area contributed by atoms with Gasteiger partial charge in [-0.25, -0.2) is 8.42 Å². The van der Waals surface area contributed by atoms with Crippen LogP contribution in [0.2, 0.25) is 0 Å². The van der Waals surface area contributed by atoms with Gasteiger partial charge in [0.2, 0.25) is 0 Å². The Bertz CT molecular complexity index is 515. The van der Waals surface area contributed by atoms with Crippen LogP contribution in [-0.4, -0.2) is 44.0 Å². The summed E-state index contributed by atoms with van der Waals surface area (Å²) in [6.07, 6.45) is 10.9. The Morgan fingerprint density at radius 3 is 2.75 bits per heavy atom. The summed E-state index contributed by atoms with van der Waals surface area (Å²) < 4.78 is 23.4. The van der Waals surface area contributed by atoms with E-state index in [1.807, 2.05) is 0 Å². The van der Waals surface area contributed by atoms with Gasteiger partial charge in [0, 0.05) is 12.6 Å². The van der Waals surface area contributed by atoms with Crippen LogP contribution in [-0.2, 0) is 9.84 Å². The highest BCUT2D eigenvalue weighted by Crippen LogP contribution is 2.32. The zero-order valence-corrected chi connectivity index (χ0v) is 13.3. The zero-order chi connectivity index (χ0) is 14.8. The molecule has 0 radical (unpaired) electrons. The maximum absolute atomic E-state index is 11.7. The second kappa shape index (κ2) is 6.32. The molecular formula is C16H25NO2S. The number of nitrogens with zero attached hydrogens (tertiary/aromatic N) is 1. The minimum absolute atomic E-state index is 0.109. The fourth-order valence-corrected chi connectivity index (χ4v) is 5.24. The van der Waals surface area contributed by atoms with Crippen molar-refractivity contribution in [3.8, 4) is 12.3 Å². The number of allylic oxidation sites excluding steroid dienone is 1. The molecule has 3 unspecified atom stereocenters. The lowest BCUT2D eigenvalue weighted by molar-refractivity contribution is 0.182. The Labute approximate surface area is 123 Å². The van der Waals surface area contributed by atoms with Gasteiger partial charge in [0.05, 0.1) is 18.1 Å². The van der Waals surface area contributed by atoms with E-state index in [1.165, 1.54) is 12.0 Å². The topological polar surface area (TPSA) is 37.4 Å². The standard InChI is InChI=1S/C16H25NO2S/c1-4-9-17(15-8-10-20(18,19)12-15)11-16-13(2)6-5-7-14(16)3/h1,6,14-16H,5,7-12H2,2-3H3. The van der Waals surface area contributed by atoms with Crippen molar-refractivity contribution in [1.29, 1.82) is 0 Å². The molecule has 2 aliphatic rings. The Balaban J connectivity index is 2.08. The summed E-state index contributed by atoms with van der Waals surface area (Å²) in [6, 6.07) is 0.109. The Morgan fingerprint density at radius 1 is 1.45 bits per heavy atom. The van der Waals surface area contributed by atoms with Crippen molar-refractivity contribution in [2.75, 3.05) is 24.6 Å². The summed E-state index contributed by atoms with van der Waals surface area (Å²) in [5.41, 5.74) is 1.44. The van der Waals surface area contributed by atoms with Crippen molar-refractivity contribution in [3.05, 3.63) is 11.6 Å². The average molecular weight is 295 g/mol. The van der Waals surface area contributed by atoms with Gasteiger partial charge in [-0.3, -0.25) is 4.90 Å². The van der Waals surface area contributed by atoms with Crippen molar-refractivity contribution in [1.82, 2.24) is 4.90 Å². The van der Waals surface area contributed by atoms with E-state index in [-0.39, 0.29) is 11.8 Å². The van der Waals surface area contributed by atoms with Crippen molar-refractivity contribution < 1.29 is 8.42 Å². The molecule has 1 aliphatic heterocycles. The highest BCUT2D eigenvalue weighted by atomic mass is 32.2. The van der Waals surface area contributed by atoms with Crippen LogP contribution in [0.1, 0.15) is 33.1 Å². The quantitative estimate of drug-likeness (QED) is 0.589. The molecule has 0 aromatic carbocycles. The minimum Gasteiger partial charge on any atom is -0.288 e. The normalized spacial score (nSPS) is 32.9. The van der Waals surface area contributed by atoms with Gasteiger partial charge in [0.1, 0.15) is 0 Å². The Hall–Kier alpha value is -0.790. The molecule has 112 valence electrons. The van der Waals surface area contributed by atoms with Gasteiger partial charge in [0.15, 0.2) is 9.84 Å². The largest absolute Gasteiger partial charge is 0.288 e. The lowest BCUT2D eigenvalue weighted by Crippen LogP contribution is -2.42.